The molecule has 120 valence electrons. The highest BCUT2D eigenvalue weighted by atomic mass is 16.5. The Balaban J connectivity index is 0.000000360. The van der Waals surface area contributed by atoms with Crippen LogP contribution in [0.4, 0.5) is 0 Å². The number of carbonyl (C=O) groups is 1. The van der Waals surface area contributed by atoms with Gasteiger partial charge in [-0.05, 0) is 25.6 Å². The van der Waals surface area contributed by atoms with Crippen LogP contribution in [-0.2, 0) is 9.53 Å². The quantitative estimate of drug-likeness (QED) is 0.346. The first-order valence-electron chi connectivity index (χ1n) is 6.93. The lowest BCUT2D eigenvalue weighted by Crippen LogP contribution is -2.11. The number of hydrogen-bond acceptors (Lipinski definition) is 5. The minimum absolute atomic E-state index is 0.132. The molecule has 0 amide bonds. The molecule has 1 aromatic carbocycles. The van der Waals surface area contributed by atoms with Gasteiger partial charge >= 0.3 is 5.97 Å². The second kappa shape index (κ2) is 12.3. The van der Waals surface area contributed by atoms with Crippen LogP contribution in [-0.4, -0.2) is 30.4 Å². The summed E-state index contributed by atoms with van der Waals surface area (Å²) in [5.74, 6) is -0.157. The zero-order valence-corrected chi connectivity index (χ0v) is 13.1. The Labute approximate surface area is 131 Å². The van der Waals surface area contributed by atoms with Crippen molar-refractivity contribution in [1.29, 1.82) is 5.41 Å². The predicted molar refractivity (Wildman–Crippen MR) is 89.6 cm³/mol. The number of rotatable bonds is 4. The molecule has 1 aromatic heterocycles. The standard InChI is InChI=1S/C9H7N.C6H12N2O2.CH5N/c1-2-6-9-8(4-1)5-3-7-10-9;1-5(9)10-4-2-3-6(7)8;1-2/h1-7H;2-4H2,1H3,(H3,7,8);2H2,1H3. The van der Waals surface area contributed by atoms with Crippen LogP contribution >= 0.6 is 0 Å². The molecule has 0 saturated carbocycles. The predicted octanol–water partition coefficient (Wildman–Crippen LogP) is 2.08. The Hall–Kier alpha value is -2.47. The van der Waals surface area contributed by atoms with Gasteiger partial charge in [0.1, 0.15) is 0 Å². The fourth-order valence-electron chi connectivity index (χ4n) is 1.49. The summed E-state index contributed by atoms with van der Waals surface area (Å²) in [6.45, 7) is 1.71. The highest BCUT2D eigenvalue weighted by Crippen LogP contribution is 2.07. The molecular formula is C16H24N4O2. The van der Waals surface area contributed by atoms with Gasteiger partial charge in [0.05, 0.1) is 18.0 Å². The van der Waals surface area contributed by atoms with Crippen LogP contribution in [0.25, 0.3) is 10.9 Å². The van der Waals surface area contributed by atoms with E-state index >= 15 is 0 Å². The second-order valence-corrected chi connectivity index (χ2v) is 4.16. The number of hydrogen-bond donors (Lipinski definition) is 3. The summed E-state index contributed by atoms with van der Waals surface area (Å²) in [6, 6.07) is 12.1. The molecule has 6 heteroatoms. The van der Waals surface area contributed by atoms with E-state index in [1.807, 2.05) is 30.5 Å². The Morgan fingerprint density at radius 1 is 1.23 bits per heavy atom. The molecule has 0 radical (unpaired) electrons. The van der Waals surface area contributed by atoms with Crippen molar-refractivity contribution >= 4 is 22.7 Å². The summed E-state index contributed by atoms with van der Waals surface area (Å²) >= 11 is 0. The van der Waals surface area contributed by atoms with Crippen LogP contribution in [0, 0.1) is 5.41 Å². The monoisotopic (exact) mass is 304 g/mol. The van der Waals surface area contributed by atoms with E-state index in [-0.39, 0.29) is 11.8 Å². The largest absolute Gasteiger partial charge is 0.466 e. The van der Waals surface area contributed by atoms with Crippen LogP contribution in [0.1, 0.15) is 19.8 Å². The lowest BCUT2D eigenvalue weighted by atomic mass is 10.2. The molecular weight excluding hydrogens is 280 g/mol. The Bertz CT molecular complexity index is 491. The van der Waals surface area contributed by atoms with Gasteiger partial charge in [0, 0.05) is 24.9 Å². The van der Waals surface area contributed by atoms with Crippen molar-refractivity contribution in [3.05, 3.63) is 42.6 Å². The van der Waals surface area contributed by atoms with Crippen molar-refractivity contribution in [1.82, 2.24) is 4.98 Å². The summed E-state index contributed by atoms with van der Waals surface area (Å²) in [5, 5.41) is 8.02. The highest BCUT2D eigenvalue weighted by molar-refractivity contribution is 5.77. The van der Waals surface area contributed by atoms with Crippen molar-refractivity contribution in [2.45, 2.75) is 19.8 Å². The van der Waals surface area contributed by atoms with Gasteiger partial charge in [-0.2, -0.15) is 0 Å². The average Bonchev–Trinajstić information content (AvgIpc) is 2.54. The molecule has 2 rings (SSSR count). The fraction of sp³-hybridized carbons (Fsp3) is 0.312. The van der Waals surface area contributed by atoms with Crippen molar-refractivity contribution in [2.75, 3.05) is 13.7 Å². The van der Waals surface area contributed by atoms with Crippen LogP contribution < -0.4 is 11.5 Å². The minimum atomic E-state index is -0.288. The third-order valence-corrected chi connectivity index (χ3v) is 2.41. The van der Waals surface area contributed by atoms with E-state index in [4.69, 9.17) is 11.1 Å². The molecule has 0 fully saturated rings. The maximum absolute atomic E-state index is 10.2. The Kier molecular flexibility index (Phi) is 10.9. The van der Waals surface area contributed by atoms with Crippen LogP contribution in [0.5, 0.6) is 0 Å². The van der Waals surface area contributed by atoms with Gasteiger partial charge in [-0.15, -0.1) is 0 Å². The summed E-state index contributed by atoms with van der Waals surface area (Å²) < 4.78 is 4.60. The molecule has 22 heavy (non-hydrogen) atoms. The van der Waals surface area contributed by atoms with E-state index in [1.54, 1.807) is 0 Å². The molecule has 0 aliphatic heterocycles. The van der Waals surface area contributed by atoms with Gasteiger partial charge in [-0.25, -0.2) is 0 Å². The first-order valence-corrected chi connectivity index (χ1v) is 6.93. The highest BCUT2D eigenvalue weighted by Gasteiger charge is 1.93. The number of amidine groups is 1. The van der Waals surface area contributed by atoms with Gasteiger partial charge in [-0.3, -0.25) is 15.2 Å². The first-order chi connectivity index (χ1) is 10.6. The van der Waals surface area contributed by atoms with Gasteiger partial charge < -0.3 is 16.2 Å². The Morgan fingerprint density at radius 2 is 1.86 bits per heavy atom. The molecule has 0 unspecified atom stereocenters. The number of nitrogens with one attached hydrogen (secondary N) is 1. The fourth-order valence-corrected chi connectivity index (χ4v) is 1.49. The molecule has 0 spiro atoms. The maximum Gasteiger partial charge on any atom is 0.302 e. The molecule has 0 atom stereocenters. The summed E-state index contributed by atoms with van der Waals surface area (Å²) in [6.07, 6.45) is 2.94. The number of benzene rings is 1. The zero-order valence-electron chi connectivity index (χ0n) is 13.1. The molecule has 1 heterocycles. The van der Waals surface area contributed by atoms with Gasteiger partial charge in [0.2, 0.25) is 0 Å². The molecule has 2 aromatic rings. The van der Waals surface area contributed by atoms with Crippen LogP contribution in [0.2, 0.25) is 0 Å². The van der Waals surface area contributed by atoms with E-state index in [0.717, 1.165) is 5.52 Å². The van der Waals surface area contributed by atoms with E-state index < -0.39 is 0 Å². The molecule has 0 aliphatic carbocycles. The number of ether oxygens (including phenoxy) is 1. The van der Waals surface area contributed by atoms with Crippen molar-refractivity contribution in [3.63, 3.8) is 0 Å². The van der Waals surface area contributed by atoms with E-state index in [9.17, 15) is 4.79 Å². The SMILES string of the molecule is CC(=O)OCCCC(=N)N.CN.c1ccc2ncccc2c1. The lowest BCUT2D eigenvalue weighted by molar-refractivity contribution is -0.141. The van der Waals surface area contributed by atoms with E-state index in [0.29, 0.717) is 19.4 Å². The third-order valence-electron chi connectivity index (χ3n) is 2.41. The summed E-state index contributed by atoms with van der Waals surface area (Å²) in [4.78, 5) is 14.4. The van der Waals surface area contributed by atoms with Crippen molar-refractivity contribution in [3.8, 4) is 0 Å². The lowest BCUT2D eigenvalue weighted by Gasteiger charge is -1.99. The summed E-state index contributed by atoms with van der Waals surface area (Å²) in [5.41, 5.74) is 10.6. The topological polar surface area (TPSA) is 115 Å². The number of esters is 1. The van der Waals surface area contributed by atoms with Crippen LogP contribution in [0.3, 0.4) is 0 Å². The van der Waals surface area contributed by atoms with Crippen molar-refractivity contribution < 1.29 is 9.53 Å². The third kappa shape index (κ3) is 9.44. The number of nitrogens with zero attached hydrogens (tertiary/aromatic N) is 1. The smallest absolute Gasteiger partial charge is 0.302 e. The van der Waals surface area contributed by atoms with Gasteiger partial charge in [0.25, 0.3) is 0 Å². The van der Waals surface area contributed by atoms with E-state index in [1.165, 1.54) is 19.4 Å². The normalized spacial score (nSPS) is 8.86. The number of nitrogens with two attached hydrogens (primary N) is 2. The second-order valence-electron chi connectivity index (χ2n) is 4.16. The molecule has 5 N–H and O–H groups in total. The molecule has 0 saturated heterocycles. The maximum atomic E-state index is 10.2. The van der Waals surface area contributed by atoms with E-state index in [2.05, 4.69) is 27.6 Å². The molecule has 0 bridgehead atoms. The summed E-state index contributed by atoms with van der Waals surface area (Å²) in [7, 11) is 1.50. The number of pyridine rings is 1. The zero-order chi connectivity index (χ0) is 16.8. The van der Waals surface area contributed by atoms with Crippen molar-refractivity contribution in [2.24, 2.45) is 11.5 Å². The number of carbonyl (C=O) groups excluding carboxylic acids is 1. The molecule has 0 aliphatic rings. The average molecular weight is 304 g/mol. The minimum Gasteiger partial charge on any atom is -0.466 e. The first kappa shape index (κ1) is 19.5. The van der Waals surface area contributed by atoms with Crippen LogP contribution in [0.15, 0.2) is 42.6 Å². The Morgan fingerprint density at radius 3 is 2.45 bits per heavy atom. The van der Waals surface area contributed by atoms with Gasteiger partial charge in [-0.1, -0.05) is 24.3 Å². The number of fused-ring (bicyclic) bond motifs is 1. The molecule has 6 nitrogen and oxygen atoms in total. The van der Waals surface area contributed by atoms with Gasteiger partial charge in [0.15, 0.2) is 0 Å². The number of para-hydroxylation sites is 1. The number of aromatic nitrogens is 1.